The van der Waals surface area contributed by atoms with Gasteiger partial charge in [-0.1, -0.05) is 18.2 Å². The molecule has 5 aromatic rings. The number of pyridine rings is 1. The summed E-state index contributed by atoms with van der Waals surface area (Å²) < 4.78 is 43.8. The number of sulfonamides is 1. The first-order chi connectivity index (χ1) is 19.0. The van der Waals surface area contributed by atoms with Gasteiger partial charge in [0, 0.05) is 17.5 Å². The molecule has 0 aliphatic rings. The molecule has 0 saturated carbocycles. The first kappa shape index (κ1) is 27.4. The molecule has 0 saturated heterocycles. The van der Waals surface area contributed by atoms with Crippen LogP contribution in [0.15, 0.2) is 65.8 Å². The molecule has 40 heavy (non-hydrogen) atoms. The topological polar surface area (TPSA) is 110 Å². The van der Waals surface area contributed by atoms with Crippen molar-refractivity contribution >= 4 is 38.7 Å². The van der Waals surface area contributed by atoms with Crippen molar-refractivity contribution in [2.75, 3.05) is 10.0 Å². The van der Waals surface area contributed by atoms with Gasteiger partial charge in [-0.2, -0.15) is 0 Å². The van der Waals surface area contributed by atoms with Crippen molar-refractivity contribution < 1.29 is 12.8 Å². The normalized spacial score (nSPS) is 11.4. The van der Waals surface area contributed by atoms with E-state index in [1.807, 2.05) is 26.8 Å². The first-order valence-electron chi connectivity index (χ1n) is 12.4. The number of nitrogens with zero attached hydrogens (tertiary/aromatic N) is 4. The van der Waals surface area contributed by atoms with E-state index >= 15 is 0 Å². The average molecular weight is 575 g/mol. The van der Waals surface area contributed by atoms with Crippen LogP contribution in [0.3, 0.4) is 0 Å². The zero-order valence-corrected chi connectivity index (χ0v) is 24.2. The summed E-state index contributed by atoms with van der Waals surface area (Å²) in [5.74, 6) is -0.303. The van der Waals surface area contributed by atoms with Crippen LogP contribution in [0.5, 0.6) is 0 Å². The van der Waals surface area contributed by atoms with E-state index in [2.05, 4.69) is 30.0 Å². The van der Waals surface area contributed by atoms with Crippen molar-refractivity contribution in [1.82, 2.24) is 19.9 Å². The van der Waals surface area contributed by atoms with Crippen LogP contribution in [0.25, 0.3) is 21.8 Å². The summed E-state index contributed by atoms with van der Waals surface area (Å²) in [6, 6.07) is 13.2. The maximum absolute atomic E-state index is 14.9. The smallest absolute Gasteiger partial charge is 0.262 e. The second-order valence-electron chi connectivity index (χ2n) is 9.45. The molecular formula is C29H27FN6O2S2. The van der Waals surface area contributed by atoms with Crippen LogP contribution in [0.1, 0.15) is 27.4 Å². The minimum atomic E-state index is -4.04. The number of benzene rings is 2. The summed E-state index contributed by atoms with van der Waals surface area (Å²) in [7, 11) is -4.04. The number of anilines is 3. The summed E-state index contributed by atoms with van der Waals surface area (Å²) in [5, 5.41) is 3.96. The zero-order chi connectivity index (χ0) is 28.6. The van der Waals surface area contributed by atoms with E-state index in [4.69, 9.17) is 0 Å². The van der Waals surface area contributed by atoms with Gasteiger partial charge >= 0.3 is 0 Å². The fourth-order valence-corrected chi connectivity index (χ4v) is 6.79. The number of halogens is 1. The summed E-state index contributed by atoms with van der Waals surface area (Å²) >= 11 is 1.43. The van der Waals surface area contributed by atoms with Gasteiger partial charge in [0.15, 0.2) is 0 Å². The summed E-state index contributed by atoms with van der Waals surface area (Å²) in [6.45, 7) is 9.21. The van der Waals surface area contributed by atoms with Crippen LogP contribution >= 0.6 is 11.3 Å². The lowest BCUT2D eigenvalue weighted by atomic mass is 10.1. The standard InChI is InChI=1S/C29H27FN6O2S2/c1-16-7-6-8-17(2)28(16)40(37,38)36-25-14-21(9-10-23(25)30)26-27(39-20(5)33-26)24-11-12-31-29(35-24)34-22-13-18(3)19(4)32-15-22/h6-15,36H,1-5H3,(H,31,34,35). The highest BCUT2D eigenvalue weighted by molar-refractivity contribution is 7.92. The van der Waals surface area contributed by atoms with E-state index in [1.165, 1.54) is 23.5 Å². The van der Waals surface area contributed by atoms with Crippen LogP contribution in [-0.4, -0.2) is 28.4 Å². The summed E-state index contributed by atoms with van der Waals surface area (Å²) in [6.07, 6.45) is 3.37. The molecule has 0 spiro atoms. The van der Waals surface area contributed by atoms with E-state index in [9.17, 15) is 12.8 Å². The van der Waals surface area contributed by atoms with Crippen molar-refractivity contribution in [3.8, 4) is 21.8 Å². The van der Waals surface area contributed by atoms with E-state index in [0.717, 1.165) is 26.8 Å². The van der Waals surface area contributed by atoms with Crippen molar-refractivity contribution in [3.05, 3.63) is 94.1 Å². The predicted molar refractivity (Wildman–Crippen MR) is 157 cm³/mol. The van der Waals surface area contributed by atoms with Gasteiger partial charge in [-0.25, -0.2) is 27.8 Å². The SMILES string of the molecule is Cc1nc(-c2ccc(F)c(NS(=O)(=O)c3c(C)cccc3C)c2)c(-c2ccnc(Nc3cnc(C)c(C)c3)n2)s1. The average Bonchev–Trinajstić information content (AvgIpc) is 3.29. The van der Waals surface area contributed by atoms with Crippen molar-refractivity contribution in [1.29, 1.82) is 0 Å². The molecule has 0 unspecified atom stereocenters. The minimum absolute atomic E-state index is 0.130. The van der Waals surface area contributed by atoms with Gasteiger partial charge in [0.1, 0.15) is 5.82 Å². The second kappa shape index (κ2) is 10.7. The molecule has 11 heteroatoms. The molecule has 0 aliphatic heterocycles. The number of hydrogen-bond acceptors (Lipinski definition) is 8. The molecule has 0 radical (unpaired) electrons. The zero-order valence-electron chi connectivity index (χ0n) is 22.6. The Morgan fingerprint density at radius 3 is 2.35 bits per heavy atom. The lowest BCUT2D eigenvalue weighted by molar-refractivity contribution is 0.597. The molecule has 8 nitrogen and oxygen atoms in total. The Balaban J connectivity index is 1.50. The molecule has 3 heterocycles. The Morgan fingerprint density at radius 1 is 0.875 bits per heavy atom. The van der Waals surface area contributed by atoms with Gasteiger partial charge in [-0.15, -0.1) is 11.3 Å². The fourth-order valence-electron chi connectivity index (χ4n) is 4.35. The van der Waals surface area contributed by atoms with E-state index in [1.54, 1.807) is 56.6 Å². The van der Waals surface area contributed by atoms with Gasteiger partial charge in [0.25, 0.3) is 10.0 Å². The highest BCUT2D eigenvalue weighted by Crippen LogP contribution is 2.38. The van der Waals surface area contributed by atoms with Gasteiger partial charge in [0.2, 0.25) is 5.95 Å². The fraction of sp³-hybridized carbons (Fsp3) is 0.172. The Labute approximate surface area is 236 Å². The largest absolute Gasteiger partial charge is 0.323 e. The minimum Gasteiger partial charge on any atom is -0.323 e. The highest BCUT2D eigenvalue weighted by atomic mass is 32.2. The van der Waals surface area contributed by atoms with Crippen LogP contribution in [-0.2, 0) is 10.0 Å². The molecule has 2 N–H and O–H groups in total. The molecular weight excluding hydrogens is 547 g/mol. The predicted octanol–water partition coefficient (Wildman–Crippen LogP) is 6.89. The number of hydrogen-bond donors (Lipinski definition) is 2. The van der Waals surface area contributed by atoms with Crippen molar-refractivity contribution in [3.63, 3.8) is 0 Å². The third-order valence-electron chi connectivity index (χ3n) is 6.38. The second-order valence-corrected chi connectivity index (χ2v) is 12.3. The monoisotopic (exact) mass is 574 g/mol. The van der Waals surface area contributed by atoms with Crippen molar-refractivity contribution in [2.24, 2.45) is 0 Å². The third kappa shape index (κ3) is 5.56. The van der Waals surface area contributed by atoms with Gasteiger partial charge in [-0.05, 0) is 81.6 Å². The summed E-state index contributed by atoms with van der Waals surface area (Å²) in [5.41, 5.74) is 5.47. The molecule has 2 aromatic carbocycles. The third-order valence-corrected chi connectivity index (χ3v) is 9.04. The van der Waals surface area contributed by atoms with Gasteiger partial charge < -0.3 is 5.32 Å². The molecule has 5 rings (SSSR count). The van der Waals surface area contributed by atoms with Crippen LogP contribution in [0, 0.1) is 40.4 Å². The molecule has 204 valence electrons. The van der Waals surface area contributed by atoms with Crippen LogP contribution in [0.2, 0.25) is 0 Å². The van der Waals surface area contributed by atoms with E-state index < -0.39 is 15.8 Å². The van der Waals surface area contributed by atoms with Crippen LogP contribution in [0.4, 0.5) is 21.7 Å². The highest BCUT2D eigenvalue weighted by Gasteiger charge is 2.22. The van der Waals surface area contributed by atoms with Crippen molar-refractivity contribution in [2.45, 2.75) is 39.5 Å². The molecule has 3 aromatic heterocycles. The molecule has 0 amide bonds. The van der Waals surface area contributed by atoms with Gasteiger partial charge in [0.05, 0.1) is 43.7 Å². The Bertz CT molecular complexity index is 1830. The molecule has 0 aliphatic carbocycles. The first-order valence-corrected chi connectivity index (χ1v) is 14.7. The Hall–Kier alpha value is -4.22. The summed E-state index contributed by atoms with van der Waals surface area (Å²) in [4.78, 5) is 18.9. The molecule has 0 atom stereocenters. The number of aromatic nitrogens is 4. The lowest BCUT2D eigenvalue weighted by Crippen LogP contribution is -2.16. The Kier molecular flexibility index (Phi) is 7.35. The maximum atomic E-state index is 14.9. The number of thiazole rings is 1. The lowest BCUT2D eigenvalue weighted by Gasteiger charge is -2.14. The molecule has 0 bridgehead atoms. The molecule has 0 fully saturated rings. The van der Waals surface area contributed by atoms with Crippen LogP contribution < -0.4 is 10.0 Å². The van der Waals surface area contributed by atoms with Gasteiger partial charge in [-0.3, -0.25) is 9.71 Å². The number of rotatable bonds is 7. The quantitative estimate of drug-likeness (QED) is 0.218. The number of aryl methyl sites for hydroxylation is 5. The van der Waals surface area contributed by atoms with E-state index in [-0.39, 0.29) is 10.6 Å². The number of nitrogens with one attached hydrogen (secondary N) is 2. The maximum Gasteiger partial charge on any atom is 0.262 e. The van der Waals surface area contributed by atoms with E-state index in [0.29, 0.717) is 34.0 Å². The Morgan fingerprint density at radius 2 is 1.62 bits per heavy atom.